The van der Waals surface area contributed by atoms with Gasteiger partial charge in [0.05, 0.1) is 12.7 Å². The standard InChI is InChI=1S/C20H23NO4/c1-5-18(25-15-9-6-8-13(2)12-15)19(22)21-17-11-7-10-16(14(17)3)20(23)24-4/h6-12,18H,5H2,1-4H3,(H,21,22)/t18-/m1/s1. The molecule has 0 aromatic heterocycles. The number of methoxy groups -OCH3 is 1. The van der Waals surface area contributed by atoms with Crippen molar-refractivity contribution in [2.45, 2.75) is 33.3 Å². The van der Waals surface area contributed by atoms with E-state index in [9.17, 15) is 9.59 Å². The van der Waals surface area contributed by atoms with Crippen molar-refractivity contribution in [2.75, 3.05) is 12.4 Å². The molecule has 5 heteroatoms. The molecule has 0 fully saturated rings. The number of anilines is 1. The van der Waals surface area contributed by atoms with E-state index in [0.717, 1.165) is 5.56 Å². The molecule has 0 saturated heterocycles. The van der Waals surface area contributed by atoms with Gasteiger partial charge >= 0.3 is 5.97 Å². The summed E-state index contributed by atoms with van der Waals surface area (Å²) in [5, 5.41) is 2.84. The molecule has 2 aromatic rings. The van der Waals surface area contributed by atoms with Gasteiger partial charge in [0, 0.05) is 5.69 Å². The third kappa shape index (κ3) is 4.59. The SMILES string of the molecule is CC[C@@H](Oc1cccc(C)c1)C(=O)Nc1cccc(C(=O)OC)c1C. The van der Waals surface area contributed by atoms with Crippen molar-refractivity contribution in [3.05, 3.63) is 59.2 Å². The normalized spacial score (nSPS) is 11.5. The molecule has 0 bridgehead atoms. The molecule has 0 heterocycles. The van der Waals surface area contributed by atoms with E-state index >= 15 is 0 Å². The number of aryl methyl sites for hydroxylation is 1. The summed E-state index contributed by atoms with van der Waals surface area (Å²) < 4.78 is 10.6. The number of carbonyl (C=O) groups excluding carboxylic acids is 2. The molecule has 2 aromatic carbocycles. The Labute approximate surface area is 148 Å². The number of hydrogen-bond donors (Lipinski definition) is 1. The smallest absolute Gasteiger partial charge is 0.338 e. The maximum absolute atomic E-state index is 12.6. The Kier molecular flexibility index (Phi) is 6.17. The van der Waals surface area contributed by atoms with Crippen molar-refractivity contribution in [3.8, 4) is 5.75 Å². The van der Waals surface area contributed by atoms with E-state index in [1.54, 1.807) is 25.1 Å². The molecule has 0 aliphatic rings. The van der Waals surface area contributed by atoms with Crippen LogP contribution in [0.15, 0.2) is 42.5 Å². The Morgan fingerprint density at radius 2 is 1.84 bits per heavy atom. The van der Waals surface area contributed by atoms with Crippen molar-refractivity contribution in [3.63, 3.8) is 0 Å². The molecule has 1 atom stereocenters. The van der Waals surface area contributed by atoms with Gasteiger partial charge in [-0.3, -0.25) is 4.79 Å². The summed E-state index contributed by atoms with van der Waals surface area (Å²) in [7, 11) is 1.33. The first-order valence-electron chi connectivity index (χ1n) is 8.18. The van der Waals surface area contributed by atoms with Gasteiger partial charge in [0.15, 0.2) is 6.10 Å². The van der Waals surface area contributed by atoms with Crippen LogP contribution < -0.4 is 10.1 Å². The topological polar surface area (TPSA) is 64.6 Å². The van der Waals surface area contributed by atoms with Crippen LogP contribution in [0.1, 0.15) is 34.8 Å². The van der Waals surface area contributed by atoms with Crippen molar-refractivity contribution < 1.29 is 19.1 Å². The molecule has 1 amide bonds. The molecule has 0 unspecified atom stereocenters. The molecule has 0 aliphatic carbocycles. The maximum atomic E-state index is 12.6. The van der Waals surface area contributed by atoms with E-state index in [0.29, 0.717) is 29.0 Å². The number of benzene rings is 2. The summed E-state index contributed by atoms with van der Waals surface area (Å²) in [6.45, 7) is 5.62. The Morgan fingerprint density at radius 1 is 1.12 bits per heavy atom. The van der Waals surface area contributed by atoms with Gasteiger partial charge in [0.2, 0.25) is 0 Å². The molecular weight excluding hydrogens is 318 g/mol. The predicted molar refractivity (Wildman–Crippen MR) is 97.0 cm³/mol. The highest BCUT2D eigenvalue weighted by Gasteiger charge is 2.20. The molecule has 25 heavy (non-hydrogen) atoms. The van der Waals surface area contributed by atoms with Crippen molar-refractivity contribution in [2.24, 2.45) is 0 Å². The van der Waals surface area contributed by atoms with Crippen molar-refractivity contribution >= 4 is 17.6 Å². The molecule has 1 N–H and O–H groups in total. The average Bonchev–Trinajstić information content (AvgIpc) is 2.60. The summed E-state index contributed by atoms with van der Waals surface area (Å²) in [6, 6.07) is 12.7. The molecule has 0 spiro atoms. The fourth-order valence-corrected chi connectivity index (χ4v) is 2.49. The number of nitrogens with one attached hydrogen (secondary N) is 1. The van der Waals surface area contributed by atoms with Crippen molar-refractivity contribution in [1.29, 1.82) is 0 Å². The van der Waals surface area contributed by atoms with Gasteiger partial charge in [-0.2, -0.15) is 0 Å². The largest absolute Gasteiger partial charge is 0.481 e. The lowest BCUT2D eigenvalue weighted by Crippen LogP contribution is -2.32. The lowest BCUT2D eigenvalue weighted by Gasteiger charge is -2.19. The van der Waals surface area contributed by atoms with Crippen LogP contribution >= 0.6 is 0 Å². The van der Waals surface area contributed by atoms with Gasteiger partial charge in [0.25, 0.3) is 5.91 Å². The minimum atomic E-state index is -0.622. The average molecular weight is 341 g/mol. The number of amides is 1. The van der Waals surface area contributed by atoms with Crippen LogP contribution in [0.25, 0.3) is 0 Å². The zero-order valence-electron chi connectivity index (χ0n) is 15.0. The molecular formula is C20H23NO4. The third-order valence-electron chi connectivity index (χ3n) is 3.93. The fraction of sp³-hybridized carbons (Fsp3) is 0.300. The van der Waals surface area contributed by atoms with Crippen LogP contribution in [-0.2, 0) is 9.53 Å². The van der Waals surface area contributed by atoms with E-state index in [4.69, 9.17) is 9.47 Å². The molecule has 5 nitrogen and oxygen atoms in total. The first kappa shape index (κ1) is 18.5. The summed E-state index contributed by atoms with van der Waals surface area (Å²) in [6.07, 6.45) is -0.0989. The number of hydrogen-bond acceptors (Lipinski definition) is 4. The second-order valence-electron chi connectivity index (χ2n) is 5.79. The Balaban J connectivity index is 2.16. The number of esters is 1. The highest BCUT2D eigenvalue weighted by atomic mass is 16.5. The number of rotatable bonds is 6. The van der Waals surface area contributed by atoms with E-state index < -0.39 is 12.1 Å². The summed E-state index contributed by atoms with van der Waals surface area (Å²) >= 11 is 0. The quantitative estimate of drug-likeness (QED) is 0.810. The summed E-state index contributed by atoms with van der Waals surface area (Å²) in [5.41, 5.74) is 2.72. The van der Waals surface area contributed by atoms with Crippen LogP contribution in [0.3, 0.4) is 0 Å². The Bertz CT molecular complexity index is 770. The second-order valence-corrected chi connectivity index (χ2v) is 5.79. The predicted octanol–water partition coefficient (Wildman–Crippen LogP) is 3.89. The molecule has 0 saturated carbocycles. The molecule has 132 valence electrons. The van der Waals surface area contributed by atoms with Crippen LogP contribution in [0.4, 0.5) is 5.69 Å². The fourth-order valence-electron chi connectivity index (χ4n) is 2.49. The third-order valence-corrected chi connectivity index (χ3v) is 3.93. The zero-order chi connectivity index (χ0) is 18.4. The minimum absolute atomic E-state index is 0.255. The zero-order valence-corrected chi connectivity index (χ0v) is 15.0. The first-order chi connectivity index (χ1) is 12.0. The molecule has 2 rings (SSSR count). The van der Waals surface area contributed by atoms with Crippen LogP contribution in [0.2, 0.25) is 0 Å². The monoisotopic (exact) mass is 341 g/mol. The number of carbonyl (C=O) groups is 2. The van der Waals surface area contributed by atoms with E-state index in [-0.39, 0.29) is 5.91 Å². The van der Waals surface area contributed by atoms with Gasteiger partial charge in [-0.05, 0) is 55.7 Å². The Morgan fingerprint density at radius 3 is 2.48 bits per heavy atom. The maximum Gasteiger partial charge on any atom is 0.338 e. The summed E-state index contributed by atoms with van der Waals surface area (Å²) in [4.78, 5) is 24.4. The van der Waals surface area contributed by atoms with Crippen molar-refractivity contribution in [1.82, 2.24) is 0 Å². The molecule has 0 aliphatic heterocycles. The second kappa shape index (κ2) is 8.33. The lowest BCUT2D eigenvalue weighted by atomic mass is 10.1. The number of ether oxygens (including phenoxy) is 2. The van der Waals surface area contributed by atoms with Gasteiger partial charge in [-0.25, -0.2) is 4.79 Å². The lowest BCUT2D eigenvalue weighted by molar-refractivity contribution is -0.122. The van der Waals surface area contributed by atoms with E-state index in [1.807, 2.05) is 38.1 Å². The van der Waals surface area contributed by atoms with Gasteiger partial charge in [0.1, 0.15) is 5.75 Å². The Hall–Kier alpha value is -2.82. The van der Waals surface area contributed by atoms with E-state index in [1.165, 1.54) is 7.11 Å². The van der Waals surface area contributed by atoms with Crippen LogP contribution in [0, 0.1) is 13.8 Å². The van der Waals surface area contributed by atoms with Gasteiger partial charge in [-0.1, -0.05) is 25.1 Å². The van der Waals surface area contributed by atoms with Gasteiger partial charge < -0.3 is 14.8 Å². The summed E-state index contributed by atoms with van der Waals surface area (Å²) in [5.74, 6) is -0.0344. The van der Waals surface area contributed by atoms with Gasteiger partial charge in [-0.15, -0.1) is 0 Å². The highest BCUT2D eigenvalue weighted by Crippen LogP contribution is 2.21. The van der Waals surface area contributed by atoms with E-state index in [2.05, 4.69) is 5.32 Å². The van der Waals surface area contributed by atoms with Crippen LogP contribution in [-0.4, -0.2) is 25.1 Å². The van der Waals surface area contributed by atoms with Crippen LogP contribution in [0.5, 0.6) is 5.75 Å². The molecule has 0 radical (unpaired) electrons. The first-order valence-corrected chi connectivity index (χ1v) is 8.18. The highest BCUT2D eigenvalue weighted by molar-refractivity contribution is 5.98. The minimum Gasteiger partial charge on any atom is -0.481 e.